The molecule has 0 spiro atoms. The summed E-state index contributed by atoms with van der Waals surface area (Å²) in [6, 6.07) is 1.50. The molecule has 2 amide bonds. The molecule has 7 nitrogen and oxygen atoms in total. The number of hydrogen-bond donors (Lipinski definition) is 2. The van der Waals surface area contributed by atoms with Gasteiger partial charge in [-0.05, 0) is 24.6 Å². The Balaban J connectivity index is 2.68. The molecule has 0 saturated carbocycles. The Bertz CT molecular complexity index is 569. The Labute approximate surface area is 122 Å². The fraction of sp³-hybridized carbons (Fsp3) is 0.286. The summed E-state index contributed by atoms with van der Waals surface area (Å²) < 4.78 is 0. The SMILES string of the molecule is CCN(C)C(=O)CNC(=O)c1cncc(/C=C/C(=O)O)c1. The molecule has 1 aromatic rings. The summed E-state index contributed by atoms with van der Waals surface area (Å²) in [5.41, 5.74) is 0.747. The first-order valence-corrected chi connectivity index (χ1v) is 6.32. The summed E-state index contributed by atoms with van der Waals surface area (Å²) in [6.07, 6.45) is 5.08. The highest BCUT2D eigenvalue weighted by Gasteiger charge is 2.10. The van der Waals surface area contributed by atoms with Gasteiger partial charge in [0, 0.05) is 32.1 Å². The molecule has 0 bridgehead atoms. The molecular formula is C14H17N3O4. The second-order valence-electron chi connectivity index (χ2n) is 4.27. The Morgan fingerprint density at radius 1 is 1.38 bits per heavy atom. The second kappa shape index (κ2) is 7.78. The van der Waals surface area contributed by atoms with Crippen LogP contribution >= 0.6 is 0 Å². The molecule has 7 heteroatoms. The average Bonchev–Trinajstić information content (AvgIpc) is 2.49. The van der Waals surface area contributed by atoms with Gasteiger partial charge in [-0.1, -0.05) is 0 Å². The fourth-order valence-electron chi connectivity index (χ4n) is 1.41. The van der Waals surface area contributed by atoms with Gasteiger partial charge in [-0.15, -0.1) is 0 Å². The van der Waals surface area contributed by atoms with Crippen LogP contribution in [0.3, 0.4) is 0 Å². The highest BCUT2D eigenvalue weighted by molar-refractivity contribution is 5.96. The smallest absolute Gasteiger partial charge is 0.328 e. The predicted molar refractivity (Wildman–Crippen MR) is 76.6 cm³/mol. The van der Waals surface area contributed by atoms with E-state index in [0.717, 1.165) is 6.08 Å². The van der Waals surface area contributed by atoms with Crippen LogP contribution in [0.15, 0.2) is 24.5 Å². The van der Waals surface area contributed by atoms with Crippen LogP contribution in [0.4, 0.5) is 0 Å². The summed E-state index contributed by atoms with van der Waals surface area (Å²) in [5, 5.41) is 11.0. The molecule has 0 radical (unpaired) electrons. The van der Waals surface area contributed by atoms with Crippen LogP contribution in [0.1, 0.15) is 22.8 Å². The van der Waals surface area contributed by atoms with Gasteiger partial charge in [0.25, 0.3) is 5.91 Å². The van der Waals surface area contributed by atoms with E-state index in [9.17, 15) is 14.4 Å². The van der Waals surface area contributed by atoms with Crippen LogP contribution in [0.5, 0.6) is 0 Å². The number of carbonyl (C=O) groups is 3. The second-order valence-corrected chi connectivity index (χ2v) is 4.27. The predicted octanol–water partition coefficient (Wildman–Crippen LogP) is 0.387. The first-order valence-electron chi connectivity index (χ1n) is 6.32. The van der Waals surface area contributed by atoms with Gasteiger partial charge >= 0.3 is 5.97 Å². The zero-order valence-electron chi connectivity index (χ0n) is 11.9. The largest absolute Gasteiger partial charge is 0.478 e. The van der Waals surface area contributed by atoms with Crippen molar-refractivity contribution in [1.29, 1.82) is 0 Å². The number of aliphatic carboxylic acids is 1. The normalized spacial score (nSPS) is 10.4. The maximum atomic E-state index is 11.9. The van der Waals surface area contributed by atoms with Crippen LogP contribution in [0.25, 0.3) is 6.08 Å². The number of hydrogen-bond acceptors (Lipinski definition) is 4. The molecule has 1 heterocycles. The minimum atomic E-state index is -1.09. The molecule has 0 aliphatic rings. The van der Waals surface area contributed by atoms with Crippen LogP contribution in [0.2, 0.25) is 0 Å². The number of carbonyl (C=O) groups excluding carboxylic acids is 2. The lowest BCUT2D eigenvalue weighted by molar-refractivity contribution is -0.131. The molecule has 0 unspecified atom stereocenters. The molecule has 2 N–H and O–H groups in total. The summed E-state index contributed by atoms with van der Waals surface area (Å²) in [4.78, 5) is 39.2. The molecule has 0 aromatic carbocycles. The minimum Gasteiger partial charge on any atom is -0.478 e. The number of carboxylic acids is 1. The van der Waals surface area contributed by atoms with Crippen molar-refractivity contribution in [3.05, 3.63) is 35.7 Å². The molecule has 0 aliphatic heterocycles. The van der Waals surface area contributed by atoms with Crippen LogP contribution in [0, 0.1) is 0 Å². The van der Waals surface area contributed by atoms with Crippen molar-refractivity contribution in [3.8, 4) is 0 Å². The number of amides is 2. The lowest BCUT2D eigenvalue weighted by Gasteiger charge is -2.14. The topological polar surface area (TPSA) is 99.6 Å². The first-order chi connectivity index (χ1) is 9.93. The van der Waals surface area contributed by atoms with Crippen molar-refractivity contribution in [2.45, 2.75) is 6.92 Å². The van der Waals surface area contributed by atoms with E-state index in [1.807, 2.05) is 6.92 Å². The maximum absolute atomic E-state index is 11.9. The number of nitrogens with zero attached hydrogens (tertiary/aromatic N) is 2. The van der Waals surface area contributed by atoms with Crippen LogP contribution in [-0.2, 0) is 9.59 Å². The molecule has 0 saturated heterocycles. The van der Waals surface area contributed by atoms with Crippen molar-refractivity contribution in [2.75, 3.05) is 20.1 Å². The van der Waals surface area contributed by atoms with E-state index in [1.165, 1.54) is 29.4 Å². The first kappa shape index (κ1) is 16.4. The Hall–Kier alpha value is -2.70. The van der Waals surface area contributed by atoms with Gasteiger partial charge in [0.2, 0.25) is 5.91 Å². The molecule has 1 rings (SSSR count). The third-order valence-corrected chi connectivity index (χ3v) is 2.74. The highest BCUT2D eigenvalue weighted by Crippen LogP contribution is 2.05. The summed E-state index contributed by atoms with van der Waals surface area (Å²) in [6.45, 7) is 2.30. The summed E-state index contributed by atoms with van der Waals surface area (Å²) >= 11 is 0. The zero-order valence-corrected chi connectivity index (χ0v) is 11.9. The quantitative estimate of drug-likeness (QED) is 0.738. The van der Waals surface area contributed by atoms with Gasteiger partial charge in [0.05, 0.1) is 12.1 Å². The maximum Gasteiger partial charge on any atom is 0.328 e. The summed E-state index contributed by atoms with van der Waals surface area (Å²) in [7, 11) is 1.65. The van der Waals surface area contributed by atoms with Gasteiger partial charge in [-0.3, -0.25) is 14.6 Å². The molecule has 1 aromatic heterocycles. The Morgan fingerprint density at radius 2 is 2.10 bits per heavy atom. The van der Waals surface area contributed by atoms with Crippen molar-refractivity contribution in [2.24, 2.45) is 0 Å². The molecule has 0 fully saturated rings. The van der Waals surface area contributed by atoms with E-state index in [-0.39, 0.29) is 18.0 Å². The van der Waals surface area contributed by atoms with E-state index < -0.39 is 11.9 Å². The van der Waals surface area contributed by atoms with Gasteiger partial charge in [-0.25, -0.2) is 4.79 Å². The number of likely N-dealkylation sites (N-methyl/N-ethyl adjacent to an activating group) is 1. The van der Waals surface area contributed by atoms with Crippen molar-refractivity contribution >= 4 is 23.9 Å². The van der Waals surface area contributed by atoms with Gasteiger partial charge in [0.1, 0.15) is 0 Å². The molecule has 112 valence electrons. The minimum absolute atomic E-state index is 0.0988. The van der Waals surface area contributed by atoms with E-state index in [0.29, 0.717) is 12.1 Å². The molecule has 21 heavy (non-hydrogen) atoms. The zero-order chi connectivity index (χ0) is 15.8. The number of carboxylic acid groups (broad SMARTS) is 1. The third kappa shape index (κ3) is 5.43. The van der Waals surface area contributed by atoms with Gasteiger partial charge in [-0.2, -0.15) is 0 Å². The number of nitrogens with one attached hydrogen (secondary N) is 1. The number of pyridine rings is 1. The number of aromatic nitrogens is 1. The van der Waals surface area contributed by atoms with Crippen molar-refractivity contribution in [1.82, 2.24) is 15.2 Å². The van der Waals surface area contributed by atoms with E-state index >= 15 is 0 Å². The van der Waals surface area contributed by atoms with E-state index in [4.69, 9.17) is 5.11 Å². The molecular weight excluding hydrogens is 274 g/mol. The molecule has 0 aliphatic carbocycles. The lowest BCUT2D eigenvalue weighted by atomic mass is 10.2. The van der Waals surface area contributed by atoms with Crippen LogP contribution in [-0.4, -0.2) is 52.9 Å². The Kier molecular flexibility index (Phi) is 6.06. The molecule has 0 atom stereocenters. The lowest BCUT2D eigenvalue weighted by Crippen LogP contribution is -2.38. The number of rotatable bonds is 6. The Morgan fingerprint density at radius 3 is 2.71 bits per heavy atom. The third-order valence-electron chi connectivity index (χ3n) is 2.74. The fourth-order valence-corrected chi connectivity index (χ4v) is 1.41. The van der Waals surface area contributed by atoms with Crippen molar-refractivity contribution < 1.29 is 19.5 Å². The monoisotopic (exact) mass is 291 g/mol. The van der Waals surface area contributed by atoms with Gasteiger partial charge in [0.15, 0.2) is 0 Å². The van der Waals surface area contributed by atoms with Crippen LogP contribution < -0.4 is 5.32 Å². The van der Waals surface area contributed by atoms with E-state index in [2.05, 4.69) is 10.3 Å². The standard InChI is InChI=1S/C14H17N3O4/c1-3-17(2)12(18)9-16-14(21)11-6-10(7-15-8-11)4-5-13(19)20/h4-8H,3,9H2,1-2H3,(H,16,21)(H,19,20)/b5-4+. The van der Waals surface area contributed by atoms with Crippen molar-refractivity contribution in [3.63, 3.8) is 0 Å². The average molecular weight is 291 g/mol. The van der Waals surface area contributed by atoms with Gasteiger partial charge < -0.3 is 15.3 Å². The summed E-state index contributed by atoms with van der Waals surface area (Å²) in [5.74, 6) is -1.72. The van der Waals surface area contributed by atoms with E-state index in [1.54, 1.807) is 7.05 Å². The highest BCUT2D eigenvalue weighted by atomic mass is 16.4.